The summed E-state index contributed by atoms with van der Waals surface area (Å²) in [5.74, 6) is 0. The summed E-state index contributed by atoms with van der Waals surface area (Å²) in [6.07, 6.45) is -0.0503. The third-order valence-corrected chi connectivity index (χ3v) is 4.99. The molecule has 1 fully saturated rings. The van der Waals surface area contributed by atoms with Crippen molar-refractivity contribution in [1.82, 2.24) is 4.31 Å². The lowest BCUT2D eigenvalue weighted by Gasteiger charge is -2.30. The van der Waals surface area contributed by atoms with Gasteiger partial charge in [-0.1, -0.05) is 22.0 Å². The van der Waals surface area contributed by atoms with Crippen LogP contribution in [0.25, 0.3) is 0 Å². The van der Waals surface area contributed by atoms with Crippen LogP contribution in [0.4, 0.5) is 0 Å². The van der Waals surface area contributed by atoms with E-state index in [1.54, 1.807) is 24.3 Å². The topological polar surface area (TPSA) is 46.6 Å². The smallest absolute Gasteiger partial charge is 0.243 e. The van der Waals surface area contributed by atoms with Gasteiger partial charge in [-0.3, -0.25) is 0 Å². The van der Waals surface area contributed by atoms with E-state index in [9.17, 15) is 8.42 Å². The molecule has 0 aromatic heterocycles. The van der Waals surface area contributed by atoms with Crippen LogP contribution in [0.15, 0.2) is 33.6 Å². The van der Waals surface area contributed by atoms with Gasteiger partial charge in [0.2, 0.25) is 10.0 Å². The lowest BCUT2D eigenvalue weighted by atomic mass is 10.3. The predicted molar refractivity (Wildman–Crippen MR) is 68.3 cm³/mol. The van der Waals surface area contributed by atoms with Gasteiger partial charge in [0, 0.05) is 17.6 Å². The van der Waals surface area contributed by atoms with Crippen LogP contribution in [0, 0.1) is 0 Å². The first-order chi connectivity index (χ1) is 8.00. The second-order valence-electron chi connectivity index (χ2n) is 4.00. The van der Waals surface area contributed by atoms with Crippen LogP contribution in [0.5, 0.6) is 0 Å². The van der Waals surface area contributed by atoms with Crippen LogP contribution < -0.4 is 0 Å². The van der Waals surface area contributed by atoms with E-state index in [1.165, 1.54) is 4.31 Å². The summed E-state index contributed by atoms with van der Waals surface area (Å²) in [6.45, 7) is 3.16. The van der Waals surface area contributed by atoms with Crippen LogP contribution in [0.2, 0.25) is 0 Å². The maximum atomic E-state index is 12.3. The van der Waals surface area contributed by atoms with E-state index in [1.807, 2.05) is 6.92 Å². The third-order valence-electron chi connectivity index (χ3n) is 2.64. The quantitative estimate of drug-likeness (QED) is 0.836. The first kappa shape index (κ1) is 13.0. The number of nitrogens with zero attached hydrogens (tertiary/aromatic N) is 1. The van der Waals surface area contributed by atoms with Gasteiger partial charge in [-0.05, 0) is 25.1 Å². The lowest BCUT2D eigenvalue weighted by Crippen LogP contribution is -2.44. The van der Waals surface area contributed by atoms with Crippen LogP contribution in [-0.4, -0.2) is 38.5 Å². The fraction of sp³-hybridized carbons (Fsp3) is 0.455. The number of hydrogen-bond acceptors (Lipinski definition) is 3. The molecule has 94 valence electrons. The van der Waals surface area contributed by atoms with Crippen molar-refractivity contribution in [2.45, 2.75) is 17.9 Å². The molecule has 1 saturated heterocycles. The molecule has 4 nitrogen and oxygen atoms in total. The molecule has 1 aromatic carbocycles. The summed E-state index contributed by atoms with van der Waals surface area (Å²) in [4.78, 5) is 0.320. The van der Waals surface area contributed by atoms with E-state index in [0.29, 0.717) is 24.6 Å². The number of benzene rings is 1. The van der Waals surface area contributed by atoms with Crippen LogP contribution >= 0.6 is 15.9 Å². The monoisotopic (exact) mass is 319 g/mol. The van der Waals surface area contributed by atoms with Gasteiger partial charge in [0.05, 0.1) is 17.6 Å². The van der Waals surface area contributed by atoms with Crippen molar-refractivity contribution in [1.29, 1.82) is 0 Å². The molecular weight excluding hydrogens is 306 g/mol. The Kier molecular flexibility index (Phi) is 3.87. The van der Waals surface area contributed by atoms with Crippen LogP contribution in [-0.2, 0) is 14.8 Å². The Morgan fingerprint density at radius 2 is 2.24 bits per heavy atom. The highest BCUT2D eigenvalue weighted by atomic mass is 79.9. The SMILES string of the molecule is CC1CN(S(=O)(=O)c2cccc(Br)c2)CCO1. The molecule has 1 aromatic rings. The molecule has 1 atom stereocenters. The van der Waals surface area contributed by atoms with E-state index < -0.39 is 10.0 Å². The summed E-state index contributed by atoms with van der Waals surface area (Å²) in [5.41, 5.74) is 0. The number of morpholine rings is 1. The number of ether oxygens (including phenoxy) is 1. The number of rotatable bonds is 2. The molecule has 2 rings (SSSR count). The standard InChI is InChI=1S/C11H14BrNO3S/c1-9-8-13(5-6-16-9)17(14,15)11-4-2-3-10(12)7-11/h2-4,7,9H,5-6,8H2,1H3. The molecule has 1 unspecified atom stereocenters. The molecule has 0 amide bonds. The van der Waals surface area contributed by atoms with Crippen LogP contribution in [0.3, 0.4) is 0 Å². The number of sulfonamides is 1. The van der Waals surface area contributed by atoms with Crippen molar-refractivity contribution in [2.24, 2.45) is 0 Å². The Bertz CT molecular complexity index is 503. The second-order valence-corrected chi connectivity index (χ2v) is 6.86. The van der Waals surface area contributed by atoms with Gasteiger partial charge in [0.25, 0.3) is 0 Å². The Labute approximate surface area is 110 Å². The van der Waals surface area contributed by atoms with Gasteiger partial charge in [-0.25, -0.2) is 8.42 Å². The fourth-order valence-corrected chi connectivity index (χ4v) is 3.88. The molecule has 0 N–H and O–H groups in total. The fourth-order valence-electron chi connectivity index (χ4n) is 1.78. The number of hydrogen-bond donors (Lipinski definition) is 0. The first-order valence-electron chi connectivity index (χ1n) is 5.37. The summed E-state index contributed by atoms with van der Waals surface area (Å²) >= 11 is 3.28. The first-order valence-corrected chi connectivity index (χ1v) is 7.61. The zero-order valence-electron chi connectivity index (χ0n) is 9.47. The molecule has 17 heavy (non-hydrogen) atoms. The molecule has 1 heterocycles. The van der Waals surface area contributed by atoms with E-state index in [-0.39, 0.29) is 6.10 Å². The largest absolute Gasteiger partial charge is 0.376 e. The highest BCUT2D eigenvalue weighted by molar-refractivity contribution is 9.10. The highest BCUT2D eigenvalue weighted by Crippen LogP contribution is 2.21. The van der Waals surface area contributed by atoms with Crippen molar-refractivity contribution in [3.8, 4) is 0 Å². The Morgan fingerprint density at radius 1 is 1.47 bits per heavy atom. The van der Waals surface area contributed by atoms with Crippen molar-refractivity contribution >= 4 is 26.0 Å². The van der Waals surface area contributed by atoms with Gasteiger partial charge < -0.3 is 4.74 Å². The minimum Gasteiger partial charge on any atom is -0.376 e. The van der Waals surface area contributed by atoms with Gasteiger partial charge in [-0.15, -0.1) is 0 Å². The van der Waals surface area contributed by atoms with Gasteiger partial charge in [0.15, 0.2) is 0 Å². The molecule has 6 heteroatoms. The molecule has 1 aliphatic heterocycles. The zero-order valence-corrected chi connectivity index (χ0v) is 11.9. The number of halogens is 1. The molecule has 0 radical (unpaired) electrons. The molecule has 0 bridgehead atoms. The second kappa shape index (κ2) is 5.06. The maximum absolute atomic E-state index is 12.3. The minimum atomic E-state index is -3.39. The van der Waals surface area contributed by atoms with Crippen molar-refractivity contribution in [3.63, 3.8) is 0 Å². The normalized spacial score (nSPS) is 22.6. The van der Waals surface area contributed by atoms with Gasteiger partial charge in [-0.2, -0.15) is 4.31 Å². The summed E-state index contributed by atoms with van der Waals surface area (Å²) < 4.78 is 32.3. The predicted octanol–water partition coefficient (Wildman–Crippen LogP) is 1.86. The minimum absolute atomic E-state index is 0.0503. The lowest BCUT2D eigenvalue weighted by molar-refractivity contribution is 0.0102. The maximum Gasteiger partial charge on any atom is 0.243 e. The molecule has 1 aliphatic rings. The van der Waals surface area contributed by atoms with Gasteiger partial charge >= 0.3 is 0 Å². The van der Waals surface area contributed by atoms with Gasteiger partial charge in [0.1, 0.15) is 0 Å². The van der Waals surface area contributed by atoms with Crippen molar-refractivity contribution < 1.29 is 13.2 Å². The van der Waals surface area contributed by atoms with Crippen molar-refractivity contribution in [3.05, 3.63) is 28.7 Å². The average molecular weight is 320 g/mol. The van der Waals surface area contributed by atoms with E-state index in [2.05, 4.69) is 15.9 Å². The Hall–Kier alpha value is -0.430. The van der Waals surface area contributed by atoms with Crippen LogP contribution in [0.1, 0.15) is 6.92 Å². The van der Waals surface area contributed by atoms with E-state index in [4.69, 9.17) is 4.74 Å². The third kappa shape index (κ3) is 2.88. The summed E-state index contributed by atoms with van der Waals surface area (Å²) in [6, 6.07) is 6.76. The zero-order chi connectivity index (χ0) is 12.5. The summed E-state index contributed by atoms with van der Waals surface area (Å²) in [7, 11) is -3.39. The van der Waals surface area contributed by atoms with E-state index in [0.717, 1.165) is 4.47 Å². The molecule has 0 saturated carbocycles. The Morgan fingerprint density at radius 3 is 2.88 bits per heavy atom. The molecule has 0 aliphatic carbocycles. The Balaban J connectivity index is 2.29. The molecule has 0 spiro atoms. The summed E-state index contributed by atoms with van der Waals surface area (Å²) in [5, 5.41) is 0. The van der Waals surface area contributed by atoms with Crippen molar-refractivity contribution in [2.75, 3.05) is 19.7 Å². The molecular formula is C11H14BrNO3S. The average Bonchev–Trinajstić information content (AvgIpc) is 2.29. The van der Waals surface area contributed by atoms with E-state index >= 15 is 0 Å². The highest BCUT2D eigenvalue weighted by Gasteiger charge is 2.28.